The fraction of sp³-hybridized carbons (Fsp3) is 0.462. The van der Waals surface area contributed by atoms with Crippen LogP contribution in [-0.4, -0.2) is 36.6 Å². The Kier molecular flexibility index (Phi) is 5.78. The molecule has 1 heterocycles. The van der Waals surface area contributed by atoms with Crippen LogP contribution in [0.2, 0.25) is 0 Å². The van der Waals surface area contributed by atoms with Crippen LogP contribution in [0.5, 0.6) is 5.88 Å². The molecule has 1 amide bonds. The molecule has 0 aliphatic heterocycles. The summed E-state index contributed by atoms with van der Waals surface area (Å²) in [4.78, 5) is 27.1. The molecule has 0 saturated heterocycles. The van der Waals surface area contributed by atoms with Gasteiger partial charge in [0.05, 0.1) is 19.6 Å². The summed E-state index contributed by atoms with van der Waals surface area (Å²) < 4.78 is 9.94. The molecule has 0 fully saturated rings. The predicted molar refractivity (Wildman–Crippen MR) is 69.0 cm³/mol. The lowest BCUT2D eigenvalue weighted by Crippen LogP contribution is -2.27. The van der Waals surface area contributed by atoms with E-state index in [1.54, 1.807) is 26.0 Å². The first-order valence-corrected chi connectivity index (χ1v) is 6.01. The molecule has 1 N–H and O–H groups in total. The number of hydrogen-bond donors (Lipinski definition) is 1. The van der Waals surface area contributed by atoms with E-state index in [0.717, 1.165) is 0 Å². The van der Waals surface area contributed by atoms with Crippen LogP contribution in [0.15, 0.2) is 18.3 Å². The highest BCUT2D eigenvalue weighted by Crippen LogP contribution is 2.12. The van der Waals surface area contributed by atoms with Crippen LogP contribution < -0.4 is 10.1 Å². The summed E-state index contributed by atoms with van der Waals surface area (Å²) in [6, 6.07) is 3.25. The van der Waals surface area contributed by atoms with Crippen LogP contribution in [-0.2, 0) is 9.53 Å². The van der Waals surface area contributed by atoms with Gasteiger partial charge in [-0.25, -0.2) is 4.98 Å². The van der Waals surface area contributed by atoms with Crippen LogP contribution in [0.4, 0.5) is 0 Å². The van der Waals surface area contributed by atoms with Gasteiger partial charge >= 0.3 is 5.97 Å². The summed E-state index contributed by atoms with van der Waals surface area (Å²) in [5, 5.41) is 2.62. The largest absolute Gasteiger partial charge is 0.480 e. The first-order chi connectivity index (χ1) is 9.04. The van der Waals surface area contributed by atoms with Crippen molar-refractivity contribution in [1.29, 1.82) is 0 Å². The van der Waals surface area contributed by atoms with Gasteiger partial charge < -0.3 is 14.8 Å². The Morgan fingerprint density at radius 2 is 2.16 bits per heavy atom. The zero-order valence-corrected chi connectivity index (χ0v) is 11.3. The zero-order valence-electron chi connectivity index (χ0n) is 11.3. The Labute approximate surface area is 112 Å². The number of nitrogens with one attached hydrogen (secondary N) is 1. The van der Waals surface area contributed by atoms with Crippen molar-refractivity contribution in [3.05, 3.63) is 23.9 Å². The second kappa shape index (κ2) is 7.35. The number of amides is 1. The third-order valence-corrected chi connectivity index (χ3v) is 2.19. The highest BCUT2D eigenvalue weighted by molar-refractivity contribution is 5.96. The van der Waals surface area contributed by atoms with Crippen molar-refractivity contribution < 1.29 is 19.1 Å². The molecule has 0 aliphatic rings. The van der Waals surface area contributed by atoms with Gasteiger partial charge in [-0.2, -0.15) is 0 Å². The molecule has 0 unspecified atom stereocenters. The Bertz CT molecular complexity index is 446. The average molecular weight is 266 g/mol. The van der Waals surface area contributed by atoms with Crippen LogP contribution >= 0.6 is 0 Å². The highest BCUT2D eigenvalue weighted by atomic mass is 16.5. The van der Waals surface area contributed by atoms with Gasteiger partial charge in [-0.15, -0.1) is 0 Å². The monoisotopic (exact) mass is 266 g/mol. The molecule has 0 aromatic carbocycles. The minimum absolute atomic E-state index is 0.131. The first-order valence-electron chi connectivity index (χ1n) is 6.01. The van der Waals surface area contributed by atoms with Crippen LogP contribution in [0, 0.1) is 0 Å². The molecular formula is C13H18N2O4. The molecule has 0 spiro atoms. The Morgan fingerprint density at radius 1 is 1.42 bits per heavy atom. The number of ether oxygens (including phenoxy) is 2. The lowest BCUT2D eigenvalue weighted by molar-refractivity contribution is -0.147. The van der Waals surface area contributed by atoms with E-state index in [1.165, 1.54) is 13.3 Å². The lowest BCUT2D eigenvalue weighted by Gasteiger charge is -2.09. The van der Waals surface area contributed by atoms with Gasteiger partial charge in [0.15, 0.2) is 0 Å². The van der Waals surface area contributed by atoms with E-state index in [-0.39, 0.29) is 36.8 Å². The van der Waals surface area contributed by atoms with Gasteiger partial charge in [-0.05, 0) is 26.0 Å². The zero-order chi connectivity index (χ0) is 14.3. The number of pyridine rings is 1. The van der Waals surface area contributed by atoms with Crippen LogP contribution in [0.1, 0.15) is 30.6 Å². The third kappa shape index (κ3) is 4.95. The van der Waals surface area contributed by atoms with E-state index in [4.69, 9.17) is 9.47 Å². The van der Waals surface area contributed by atoms with E-state index in [9.17, 15) is 9.59 Å². The molecule has 1 aromatic heterocycles. The second-order valence-corrected chi connectivity index (χ2v) is 4.10. The van der Waals surface area contributed by atoms with Crippen molar-refractivity contribution in [2.75, 3.05) is 13.7 Å². The Hall–Kier alpha value is -2.11. The lowest BCUT2D eigenvalue weighted by atomic mass is 10.2. The summed E-state index contributed by atoms with van der Waals surface area (Å²) in [7, 11) is 1.44. The Morgan fingerprint density at radius 3 is 2.79 bits per heavy atom. The van der Waals surface area contributed by atoms with Crippen molar-refractivity contribution in [1.82, 2.24) is 10.3 Å². The average Bonchev–Trinajstić information content (AvgIpc) is 2.37. The normalized spacial score (nSPS) is 10.1. The second-order valence-electron chi connectivity index (χ2n) is 4.10. The number of hydrogen-bond acceptors (Lipinski definition) is 5. The van der Waals surface area contributed by atoms with Crippen molar-refractivity contribution in [2.24, 2.45) is 0 Å². The van der Waals surface area contributed by atoms with E-state index >= 15 is 0 Å². The van der Waals surface area contributed by atoms with E-state index < -0.39 is 0 Å². The molecule has 0 saturated carbocycles. The minimum atomic E-state index is -0.339. The van der Waals surface area contributed by atoms with Gasteiger partial charge in [0.2, 0.25) is 5.88 Å². The SMILES string of the molecule is COc1ncccc1C(=O)NCCC(=O)OC(C)C. The number of carbonyl (C=O) groups is 2. The summed E-state index contributed by atoms with van der Waals surface area (Å²) in [5.74, 6) is -0.416. The summed E-state index contributed by atoms with van der Waals surface area (Å²) in [6.45, 7) is 3.76. The topological polar surface area (TPSA) is 77.5 Å². The van der Waals surface area contributed by atoms with Crippen molar-refractivity contribution in [3.63, 3.8) is 0 Å². The molecule has 0 radical (unpaired) electrons. The first kappa shape index (κ1) is 14.9. The predicted octanol–water partition coefficient (Wildman–Crippen LogP) is 1.16. The molecule has 6 heteroatoms. The van der Waals surface area contributed by atoms with E-state index in [2.05, 4.69) is 10.3 Å². The van der Waals surface area contributed by atoms with Gasteiger partial charge in [0.25, 0.3) is 5.91 Å². The standard InChI is InChI=1S/C13H18N2O4/c1-9(2)19-11(16)6-8-14-12(17)10-5-4-7-15-13(10)18-3/h4-5,7,9H,6,8H2,1-3H3,(H,14,17). The van der Waals surface area contributed by atoms with Crippen molar-refractivity contribution in [3.8, 4) is 5.88 Å². The number of rotatable bonds is 6. The van der Waals surface area contributed by atoms with Gasteiger partial charge in [0.1, 0.15) is 5.56 Å². The van der Waals surface area contributed by atoms with E-state index in [1.807, 2.05) is 0 Å². The molecule has 0 bridgehead atoms. The van der Waals surface area contributed by atoms with Crippen LogP contribution in [0.3, 0.4) is 0 Å². The quantitative estimate of drug-likeness (QED) is 0.782. The number of methoxy groups -OCH3 is 1. The maximum absolute atomic E-state index is 11.8. The van der Waals surface area contributed by atoms with Gasteiger partial charge in [-0.1, -0.05) is 0 Å². The molecule has 1 aromatic rings. The molecule has 104 valence electrons. The molecule has 19 heavy (non-hydrogen) atoms. The molecule has 1 rings (SSSR count). The van der Waals surface area contributed by atoms with Crippen molar-refractivity contribution in [2.45, 2.75) is 26.4 Å². The molecular weight excluding hydrogens is 248 g/mol. The van der Waals surface area contributed by atoms with Gasteiger partial charge in [-0.3, -0.25) is 9.59 Å². The number of aromatic nitrogens is 1. The Balaban J connectivity index is 2.45. The summed E-state index contributed by atoms with van der Waals surface area (Å²) in [6.07, 6.45) is 1.52. The smallest absolute Gasteiger partial charge is 0.307 e. The summed E-state index contributed by atoms with van der Waals surface area (Å²) >= 11 is 0. The van der Waals surface area contributed by atoms with Gasteiger partial charge in [0, 0.05) is 12.7 Å². The number of carbonyl (C=O) groups excluding carboxylic acids is 2. The van der Waals surface area contributed by atoms with Crippen LogP contribution in [0.25, 0.3) is 0 Å². The minimum Gasteiger partial charge on any atom is -0.480 e. The van der Waals surface area contributed by atoms with E-state index in [0.29, 0.717) is 5.56 Å². The molecule has 0 aliphatic carbocycles. The number of nitrogens with zero attached hydrogens (tertiary/aromatic N) is 1. The molecule has 0 atom stereocenters. The number of esters is 1. The maximum Gasteiger partial charge on any atom is 0.307 e. The fourth-order valence-corrected chi connectivity index (χ4v) is 1.42. The fourth-order valence-electron chi connectivity index (χ4n) is 1.42. The maximum atomic E-state index is 11.8. The highest BCUT2D eigenvalue weighted by Gasteiger charge is 2.13. The third-order valence-electron chi connectivity index (χ3n) is 2.19. The molecule has 6 nitrogen and oxygen atoms in total. The van der Waals surface area contributed by atoms with Crippen molar-refractivity contribution >= 4 is 11.9 Å². The summed E-state index contributed by atoms with van der Waals surface area (Å²) in [5.41, 5.74) is 0.335.